The van der Waals surface area contributed by atoms with Crippen molar-refractivity contribution in [3.8, 4) is 5.75 Å². The molecule has 2 N–H and O–H groups in total. The van der Waals surface area contributed by atoms with Crippen LogP contribution >= 0.6 is 11.6 Å². The van der Waals surface area contributed by atoms with E-state index in [2.05, 4.69) is 32.9 Å². The summed E-state index contributed by atoms with van der Waals surface area (Å²) in [4.78, 5) is 13.4. The molecule has 1 aliphatic heterocycles. The van der Waals surface area contributed by atoms with E-state index < -0.39 is 5.54 Å². The van der Waals surface area contributed by atoms with Crippen molar-refractivity contribution < 1.29 is 9.53 Å². The van der Waals surface area contributed by atoms with Gasteiger partial charge < -0.3 is 10.1 Å². The molecule has 3 heterocycles. The third-order valence-corrected chi connectivity index (χ3v) is 6.47. The number of rotatable bonds is 8. The highest BCUT2D eigenvalue weighted by molar-refractivity contribution is 6.32. The van der Waals surface area contributed by atoms with Gasteiger partial charge in [0, 0.05) is 17.6 Å². The fourth-order valence-electron chi connectivity index (χ4n) is 4.23. The maximum absolute atomic E-state index is 13.4. The van der Waals surface area contributed by atoms with E-state index in [1.54, 1.807) is 0 Å². The molecule has 0 bridgehead atoms. The Kier molecular flexibility index (Phi) is 5.65. The second-order valence-corrected chi connectivity index (χ2v) is 9.22. The summed E-state index contributed by atoms with van der Waals surface area (Å²) in [6.45, 7) is 4.73. The number of aromatic nitrogens is 6. The van der Waals surface area contributed by atoms with Crippen molar-refractivity contribution in [1.29, 1.82) is 0 Å². The van der Waals surface area contributed by atoms with E-state index >= 15 is 0 Å². The summed E-state index contributed by atoms with van der Waals surface area (Å²) in [6.07, 6.45) is 6.72. The Labute approximate surface area is 196 Å². The number of nitrogens with one attached hydrogen (secondary N) is 2. The second-order valence-electron chi connectivity index (χ2n) is 8.81. The zero-order valence-electron chi connectivity index (χ0n) is 18.6. The lowest BCUT2D eigenvalue weighted by atomic mass is 9.79. The quantitative estimate of drug-likeness (QED) is 0.486. The topological polar surface area (TPSA) is 111 Å². The molecular weight excluding hydrogens is 442 g/mol. The number of hydrogen-bond acceptors (Lipinski definition) is 6. The molecule has 1 fully saturated rings. The first-order valence-corrected chi connectivity index (χ1v) is 11.6. The molecular formula is C23H26ClN7O2. The molecule has 1 atom stereocenters. The molecule has 1 saturated carbocycles. The van der Waals surface area contributed by atoms with Gasteiger partial charge in [-0.15, -0.1) is 10.2 Å². The predicted molar refractivity (Wildman–Crippen MR) is 123 cm³/mol. The van der Waals surface area contributed by atoms with Gasteiger partial charge in [0.05, 0.1) is 29.5 Å². The molecule has 9 nitrogen and oxygen atoms in total. The number of aromatic amines is 1. The molecule has 0 unspecified atom stereocenters. The molecule has 1 aromatic carbocycles. The summed E-state index contributed by atoms with van der Waals surface area (Å²) in [5.41, 5.74) is 1.94. The standard InChI is InChI=1S/C23H26ClN7O2/c1-3-4-11-33-15-7-8-17(18(24)12-15)23(2)13-16(19-9-10-31(28-19)14-5-6-14)20(22(32)25-23)21-26-29-30-27-21/h7-10,12,14H,3-6,11,13H2,1-2H3,(H,25,32)(H,26,27,29,30)/t23-/m0/s1. The van der Waals surface area contributed by atoms with Crippen LogP contribution < -0.4 is 10.1 Å². The van der Waals surface area contributed by atoms with E-state index in [4.69, 9.17) is 21.4 Å². The Morgan fingerprint density at radius 1 is 1.30 bits per heavy atom. The molecule has 172 valence electrons. The van der Waals surface area contributed by atoms with Gasteiger partial charge in [0.1, 0.15) is 5.75 Å². The maximum atomic E-state index is 13.4. The van der Waals surface area contributed by atoms with Crippen LogP contribution in [0.25, 0.3) is 11.1 Å². The molecule has 0 radical (unpaired) electrons. The normalized spacial score (nSPS) is 20.8. The maximum Gasteiger partial charge on any atom is 0.256 e. The van der Waals surface area contributed by atoms with Gasteiger partial charge >= 0.3 is 0 Å². The monoisotopic (exact) mass is 467 g/mol. The fraction of sp³-hybridized carbons (Fsp3) is 0.435. The molecule has 0 spiro atoms. The number of unbranched alkanes of at least 4 members (excludes halogenated alkanes) is 1. The lowest BCUT2D eigenvalue weighted by molar-refractivity contribution is -0.117. The van der Waals surface area contributed by atoms with E-state index in [0.29, 0.717) is 29.7 Å². The first-order chi connectivity index (χ1) is 16.0. The molecule has 1 aliphatic carbocycles. The van der Waals surface area contributed by atoms with Gasteiger partial charge in [-0.2, -0.15) is 10.3 Å². The van der Waals surface area contributed by atoms with Gasteiger partial charge in [0.25, 0.3) is 5.91 Å². The molecule has 0 saturated heterocycles. The third-order valence-electron chi connectivity index (χ3n) is 6.16. The van der Waals surface area contributed by atoms with Crippen molar-refractivity contribution in [1.82, 2.24) is 35.7 Å². The number of carbonyl (C=O) groups is 1. The molecule has 33 heavy (non-hydrogen) atoms. The van der Waals surface area contributed by atoms with Gasteiger partial charge in [0.2, 0.25) is 5.82 Å². The van der Waals surface area contributed by atoms with Crippen LogP contribution in [0, 0.1) is 0 Å². The van der Waals surface area contributed by atoms with Crippen LogP contribution in [0.15, 0.2) is 30.5 Å². The minimum Gasteiger partial charge on any atom is -0.494 e. The number of carbonyl (C=O) groups excluding carboxylic acids is 1. The summed E-state index contributed by atoms with van der Waals surface area (Å²) in [5.74, 6) is 0.672. The number of halogens is 1. The summed E-state index contributed by atoms with van der Waals surface area (Å²) in [5, 5.41) is 22.6. The smallest absolute Gasteiger partial charge is 0.256 e. The van der Waals surface area contributed by atoms with Crippen molar-refractivity contribution in [2.24, 2.45) is 0 Å². The van der Waals surface area contributed by atoms with Gasteiger partial charge in [-0.05, 0) is 60.7 Å². The average molecular weight is 468 g/mol. The zero-order valence-corrected chi connectivity index (χ0v) is 19.4. The fourth-order valence-corrected chi connectivity index (χ4v) is 4.61. The number of amides is 1. The van der Waals surface area contributed by atoms with E-state index in [-0.39, 0.29) is 11.7 Å². The highest BCUT2D eigenvalue weighted by atomic mass is 35.5. The molecule has 2 aliphatic rings. The third kappa shape index (κ3) is 4.25. The minimum absolute atomic E-state index is 0.247. The van der Waals surface area contributed by atoms with E-state index in [1.807, 2.05) is 42.1 Å². The van der Waals surface area contributed by atoms with Crippen molar-refractivity contribution in [2.45, 2.75) is 57.5 Å². The molecule has 3 aromatic rings. The van der Waals surface area contributed by atoms with Crippen LogP contribution in [0.2, 0.25) is 5.02 Å². The second kappa shape index (κ2) is 8.62. The number of nitrogens with zero attached hydrogens (tertiary/aromatic N) is 5. The first kappa shape index (κ1) is 21.6. The van der Waals surface area contributed by atoms with Crippen LogP contribution in [-0.2, 0) is 10.3 Å². The van der Waals surface area contributed by atoms with Crippen molar-refractivity contribution in [2.75, 3.05) is 6.61 Å². The summed E-state index contributed by atoms with van der Waals surface area (Å²) >= 11 is 6.69. The van der Waals surface area contributed by atoms with Gasteiger partial charge in [-0.3, -0.25) is 9.48 Å². The Hall–Kier alpha value is -3.20. The average Bonchev–Trinajstić information content (AvgIpc) is 3.28. The highest BCUT2D eigenvalue weighted by Crippen LogP contribution is 2.43. The summed E-state index contributed by atoms with van der Waals surface area (Å²) in [6, 6.07) is 8.01. The first-order valence-electron chi connectivity index (χ1n) is 11.3. The largest absolute Gasteiger partial charge is 0.494 e. The van der Waals surface area contributed by atoms with Gasteiger partial charge in [0.15, 0.2) is 0 Å². The summed E-state index contributed by atoms with van der Waals surface area (Å²) < 4.78 is 7.76. The van der Waals surface area contributed by atoms with Crippen LogP contribution in [0.3, 0.4) is 0 Å². The van der Waals surface area contributed by atoms with E-state index in [0.717, 1.165) is 48.3 Å². The predicted octanol–water partition coefficient (Wildman–Crippen LogP) is 3.91. The Bertz CT molecular complexity index is 1200. The number of hydrogen-bond donors (Lipinski definition) is 2. The van der Waals surface area contributed by atoms with Gasteiger partial charge in [-0.1, -0.05) is 31.0 Å². The minimum atomic E-state index is -0.748. The number of tetrazole rings is 1. The molecule has 1 amide bonds. The molecule has 2 aromatic heterocycles. The molecule has 10 heteroatoms. The van der Waals surface area contributed by atoms with E-state index in [1.165, 1.54) is 0 Å². The van der Waals surface area contributed by atoms with Gasteiger partial charge in [-0.25, -0.2) is 0 Å². The number of H-pyrrole nitrogens is 1. The molecule has 5 rings (SSSR count). The van der Waals surface area contributed by atoms with Crippen molar-refractivity contribution in [3.05, 3.63) is 52.6 Å². The Morgan fingerprint density at radius 3 is 2.85 bits per heavy atom. The van der Waals surface area contributed by atoms with Crippen molar-refractivity contribution in [3.63, 3.8) is 0 Å². The van der Waals surface area contributed by atoms with E-state index in [9.17, 15) is 4.79 Å². The zero-order chi connectivity index (χ0) is 23.0. The Balaban J connectivity index is 1.52. The number of ether oxygens (including phenoxy) is 1. The lowest BCUT2D eigenvalue weighted by Gasteiger charge is -2.37. The SMILES string of the molecule is CCCCOc1ccc([C@]2(C)CC(c3ccn(C4CC4)n3)=C(c3nn[nH]n3)C(=O)N2)c(Cl)c1. The van der Waals surface area contributed by atoms with Crippen LogP contribution in [-0.4, -0.2) is 42.9 Å². The van der Waals surface area contributed by atoms with Crippen LogP contribution in [0.4, 0.5) is 0 Å². The summed E-state index contributed by atoms with van der Waals surface area (Å²) in [7, 11) is 0. The van der Waals surface area contributed by atoms with Crippen LogP contribution in [0.1, 0.15) is 69.1 Å². The van der Waals surface area contributed by atoms with Crippen LogP contribution in [0.5, 0.6) is 5.75 Å². The Morgan fingerprint density at radius 2 is 2.15 bits per heavy atom. The highest BCUT2D eigenvalue weighted by Gasteiger charge is 2.41. The number of benzene rings is 1. The van der Waals surface area contributed by atoms with Crippen molar-refractivity contribution >= 4 is 28.7 Å². The lowest BCUT2D eigenvalue weighted by Crippen LogP contribution is -2.47.